The van der Waals surface area contributed by atoms with Crippen molar-refractivity contribution in [2.24, 2.45) is 0 Å². The van der Waals surface area contributed by atoms with Crippen LogP contribution in [0.15, 0.2) is 22.7 Å². The first-order valence-electron chi connectivity index (χ1n) is 4.95. The van der Waals surface area contributed by atoms with Gasteiger partial charge in [0.25, 0.3) is 0 Å². The van der Waals surface area contributed by atoms with Crippen molar-refractivity contribution in [2.45, 2.75) is 19.0 Å². The van der Waals surface area contributed by atoms with Crippen molar-refractivity contribution in [1.29, 1.82) is 0 Å². The highest BCUT2D eigenvalue weighted by Crippen LogP contribution is 2.36. The number of benzene rings is 1. The first kappa shape index (κ1) is 14.7. The highest BCUT2D eigenvalue weighted by Gasteiger charge is 2.33. The van der Waals surface area contributed by atoms with Crippen molar-refractivity contribution in [1.82, 2.24) is 0 Å². The molecule has 0 unspecified atom stereocenters. The van der Waals surface area contributed by atoms with Gasteiger partial charge >= 0.3 is 6.18 Å². The minimum absolute atomic E-state index is 0.0362. The molecule has 7 heteroatoms. The zero-order chi connectivity index (χ0) is 13.8. The lowest BCUT2D eigenvalue weighted by Gasteiger charge is -2.11. The second-order valence-electron chi connectivity index (χ2n) is 3.45. The lowest BCUT2D eigenvalue weighted by atomic mass is 10.2. The van der Waals surface area contributed by atoms with E-state index in [-0.39, 0.29) is 23.0 Å². The zero-order valence-electron chi connectivity index (χ0n) is 9.05. The lowest BCUT2D eigenvalue weighted by Crippen LogP contribution is -2.13. The molecule has 0 fully saturated rings. The fraction of sp³-hybridized carbons (Fsp3) is 0.273. The van der Waals surface area contributed by atoms with Crippen LogP contribution in [0.5, 0.6) is 0 Å². The molecule has 0 aliphatic heterocycles. The Hall–Kier alpha value is -1.37. The van der Waals surface area contributed by atoms with Crippen molar-refractivity contribution < 1.29 is 22.8 Å². The van der Waals surface area contributed by atoms with E-state index in [4.69, 9.17) is 0 Å². The fourth-order valence-electron chi connectivity index (χ4n) is 1.23. The van der Waals surface area contributed by atoms with Crippen LogP contribution in [0.3, 0.4) is 0 Å². The third-order valence-electron chi connectivity index (χ3n) is 2.04. The van der Waals surface area contributed by atoms with Gasteiger partial charge in [0.15, 0.2) is 0 Å². The van der Waals surface area contributed by atoms with E-state index in [1.165, 1.54) is 12.1 Å². The molecular formula is C11H9BrF3NO2. The molecule has 0 aliphatic rings. The molecule has 0 radical (unpaired) electrons. The molecule has 0 aliphatic carbocycles. The van der Waals surface area contributed by atoms with Crippen LogP contribution in [-0.2, 0) is 15.8 Å². The standard InChI is InChI=1S/C11H9BrF3NO2/c12-9-4-3-7(6-8(9)11(13,14)15)16-10(18)2-1-5-17/h3-6H,1-2H2,(H,16,18). The van der Waals surface area contributed by atoms with Crippen molar-refractivity contribution in [2.75, 3.05) is 5.32 Å². The quantitative estimate of drug-likeness (QED) is 0.863. The van der Waals surface area contributed by atoms with Gasteiger partial charge in [-0.1, -0.05) is 15.9 Å². The first-order chi connectivity index (χ1) is 8.34. The number of amides is 1. The third kappa shape index (κ3) is 4.14. The normalized spacial score (nSPS) is 11.1. The third-order valence-corrected chi connectivity index (χ3v) is 2.74. The van der Waals surface area contributed by atoms with Gasteiger partial charge in [-0.25, -0.2) is 0 Å². The van der Waals surface area contributed by atoms with Gasteiger partial charge in [-0.15, -0.1) is 0 Å². The Morgan fingerprint density at radius 2 is 2.06 bits per heavy atom. The van der Waals surface area contributed by atoms with Gasteiger partial charge in [0.05, 0.1) is 5.56 Å². The molecule has 0 spiro atoms. The van der Waals surface area contributed by atoms with Gasteiger partial charge in [-0.2, -0.15) is 13.2 Å². The molecule has 0 saturated carbocycles. The summed E-state index contributed by atoms with van der Waals surface area (Å²) in [7, 11) is 0. The van der Waals surface area contributed by atoms with Crippen molar-refractivity contribution in [3.63, 3.8) is 0 Å². The molecule has 0 atom stereocenters. The van der Waals surface area contributed by atoms with Crippen LogP contribution >= 0.6 is 15.9 Å². The van der Waals surface area contributed by atoms with Crippen molar-refractivity contribution in [3.8, 4) is 0 Å². The SMILES string of the molecule is O=CCCC(=O)Nc1ccc(Br)c(C(F)(F)F)c1. The number of halogens is 4. The summed E-state index contributed by atoms with van der Waals surface area (Å²) in [4.78, 5) is 21.3. The summed E-state index contributed by atoms with van der Waals surface area (Å²) in [5, 5.41) is 2.30. The molecule has 0 bridgehead atoms. The Morgan fingerprint density at radius 3 is 2.61 bits per heavy atom. The van der Waals surface area contributed by atoms with Gasteiger partial charge in [-0.3, -0.25) is 4.79 Å². The van der Waals surface area contributed by atoms with E-state index in [1.807, 2.05) is 0 Å². The van der Waals surface area contributed by atoms with Crippen LogP contribution in [0.2, 0.25) is 0 Å². The van der Waals surface area contributed by atoms with Gasteiger partial charge < -0.3 is 10.1 Å². The van der Waals surface area contributed by atoms with Crippen LogP contribution in [0.4, 0.5) is 18.9 Å². The molecule has 0 heterocycles. The Morgan fingerprint density at radius 1 is 1.39 bits per heavy atom. The van der Waals surface area contributed by atoms with E-state index in [0.29, 0.717) is 6.29 Å². The Bertz CT molecular complexity index is 460. The number of rotatable bonds is 4. The molecule has 3 nitrogen and oxygen atoms in total. The largest absolute Gasteiger partial charge is 0.417 e. The fourth-order valence-corrected chi connectivity index (χ4v) is 1.71. The Labute approximate surface area is 109 Å². The second-order valence-corrected chi connectivity index (χ2v) is 4.30. The van der Waals surface area contributed by atoms with E-state index in [2.05, 4.69) is 21.2 Å². The summed E-state index contributed by atoms with van der Waals surface area (Å²) in [5.41, 5.74) is -0.822. The van der Waals surface area contributed by atoms with Crippen LogP contribution < -0.4 is 5.32 Å². The molecule has 0 aromatic heterocycles. The number of anilines is 1. The molecule has 0 saturated heterocycles. The molecule has 1 rings (SSSR count). The maximum atomic E-state index is 12.6. The van der Waals surface area contributed by atoms with Gasteiger partial charge in [0.1, 0.15) is 6.29 Å². The number of alkyl halides is 3. The Kier molecular flexibility index (Phi) is 4.89. The molecule has 98 valence electrons. The summed E-state index contributed by atoms with van der Waals surface area (Å²) >= 11 is 2.80. The van der Waals surface area contributed by atoms with Gasteiger partial charge in [0, 0.05) is 23.0 Å². The van der Waals surface area contributed by atoms with E-state index < -0.39 is 17.6 Å². The zero-order valence-corrected chi connectivity index (χ0v) is 10.6. The number of aldehydes is 1. The second kappa shape index (κ2) is 5.99. The van der Waals surface area contributed by atoms with E-state index in [0.717, 1.165) is 6.07 Å². The van der Waals surface area contributed by atoms with Crippen molar-refractivity contribution in [3.05, 3.63) is 28.2 Å². The molecule has 1 aromatic carbocycles. The van der Waals surface area contributed by atoms with Gasteiger partial charge in [0.2, 0.25) is 5.91 Å². The highest BCUT2D eigenvalue weighted by molar-refractivity contribution is 9.10. The van der Waals surface area contributed by atoms with Crippen LogP contribution in [0.1, 0.15) is 18.4 Å². The monoisotopic (exact) mass is 323 g/mol. The summed E-state index contributed by atoms with van der Waals surface area (Å²) in [6.45, 7) is 0. The average Bonchev–Trinajstić information content (AvgIpc) is 2.27. The van der Waals surface area contributed by atoms with Crippen LogP contribution in [-0.4, -0.2) is 12.2 Å². The Balaban J connectivity index is 2.86. The van der Waals surface area contributed by atoms with Crippen LogP contribution in [0.25, 0.3) is 0 Å². The van der Waals surface area contributed by atoms with Crippen LogP contribution in [0, 0.1) is 0 Å². The van der Waals surface area contributed by atoms with Gasteiger partial charge in [-0.05, 0) is 18.2 Å². The van der Waals surface area contributed by atoms with E-state index in [9.17, 15) is 22.8 Å². The summed E-state index contributed by atoms with van der Waals surface area (Å²) in [6, 6.07) is 3.39. The molecular weight excluding hydrogens is 315 g/mol. The smallest absolute Gasteiger partial charge is 0.326 e. The minimum Gasteiger partial charge on any atom is -0.326 e. The maximum Gasteiger partial charge on any atom is 0.417 e. The average molecular weight is 324 g/mol. The predicted molar refractivity (Wildman–Crippen MR) is 63.1 cm³/mol. The van der Waals surface area contributed by atoms with E-state index >= 15 is 0 Å². The molecule has 1 N–H and O–H groups in total. The molecule has 1 amide bonds. The summed E-state index contributed by atoms with van der Waals surface area (Å²) < 4.78 is 37.6. The van der Waals surface area contributed by atoms with Crippen molar-refractivity contribution >= 4 is 33.8 Å². The number of nitrogens with one attached hydrogen (secondary N) is 1. The number of hydrogen-bond acceptors (Lipinski definition) is 2. The predicted octanol–water partition coefficient (Wildman–Crippen LogP) is 3.39. The molecule has 18 heavy (non-hydrogen) atoms. The molecule has 1 aromatic rings. The summed E-state index contributed by atoms with van der Waals surface area (Å²) in [5.74, 6) is -0.502. The maximum absolute atomic E-state index is 12.6. The minimum atomic E-state index is -4.50. The summed E-state index contributed by atoms with van der Waals surface area (Å²) in [6.07, 6.45) is -3.94. The number of carbonyl (C=O) groups is 2. The highest BCUT2D eigenvalue weighted by atomic mass is 79.9. The lowest BCUT2D eigenvalue weighted by molar-refractivity contribution is -0.138. The first-order valence-corrected chi connectivity index (χ1v) is 5.74. The number of hydrogen-bond donors (Lipinski definition) is 1. The number of carbonyl (C=O) groups excluding carboxylic acids is 2. The topological polar surface area (TPSA) is 46.2 Å². The van der Waals surface area contributed by atoms with E-state index in [1.54, 1.807) is 0 Å².